The molecule has 0 radical (unpaired) electrons. The van der Waals surface area contributed by atoms with E-state index in [1.807, 2.05) is 0 Å². The van der Waals surface area contributed by atoms with Crippen LogP contribution in [0.4, 0.5) is 18.0 Å². The Balaban J connectivity index is 5.29. The number of alkyl halides is 3. The summed E-state index contributed by atoms with van der Waals surface area (Å²) in [6, 6.07) is -2.95. The summed E-state index contributed by atoms with van der Waals surface area (Å²) >= 11 is 0. The number of nitrogens with one attached hydrogen (secondary N) is 2. The fourth-order valence-corrected chi connectivity index (χ4v) is 2.75. The van der Waals surface area contributed by atoms with E-state index >= 15 is 0 Å². The van der Waals surface area contributed by atoms with Crippen molar-refractivity contribution in [2.75, 3.05) is 0 Å². The number of amides is 1. The molecular weight excluding hydrogens is 387 g/mol. The van der Waals surface area contributed by atoms with Crippen LogP contribution in [-0.4, -0.2) is 50.3 Å². The second kappa shape index (κ2) is 9.72. The van der Waals surface area contributed by atoms with Gasteiger partial charge in [0.15, 0.2) is 0 Å². The molecule has 0 aromatic heterocycles. The van der Waals surface area contributed by atoms with Crippen molar-refractivity contribution < 1.29 is 32.1 Å². The smallest absolute Gasteiger partial charge is 0.407 e. The molecule has 7 nitrogen and oxygen atoms in total. The lowest BCUT2D eigenvalue weighted by atomic mass is 9.94. The predicted molar refractivity (Wildman–Crippen MR) is 98.1 cm³/mol. The molecule has 0 aromatic rings. The summed E-state index contributed by atoms with van der Waals surface area (Å²) in [4.78, 5) is 11.8. The first-order chi connectivity index (χ1) is 12.0. The molecule has 0 spiro atoms. The van der Waals surface area contributed by atoms with Gasteiger partial charge in [-0.3, -0.25) is 0 Å². The zero-order valence-corrected chi connectivity index (χ0v) is 17.5. The molecule has 0 aliphatic carbocycles. The number of hydrogen-bond donors (Lipinski definition) is 3. The van der Waals surface area contributed by atoms with Gasteiger partial charge in [-0.15, -0.1) is 5.16 Å². The number of alkyl carbamates (subject to hydrolysis) is 1. The quantitative estimate of drug-likeness (QED) is 0.336. The Morgan fingerprint density at radius 3 is 2.11 bits per heavy atom. The van der Waals surface area contributed by atoms with Crippen LogP contribution in [0, 0.1) is 5.92 Å². The van der Waals surface area contributed by atoms with Gasteiger partial charge in [0.25, 0.3) is 0 Å². The van der Waals surface area contributed by atoms with Crippen molar-refractivity contribution in [3.63, 3.8) is 0 Å². The number of ether oxygens (including phenoxy) is 1. The van der Waals surface area contributed by atoms with E-state index in [2.05, 4.69) is 15.2 Å². The Bertz CT molecular complexity index is 542. The third-order valence-corrected chi connectivity index (χ3v) is 4.96. The van der Waals surface area contributed by atoms with Crippen LogP contribution in [0.2, 0.25) is 0 Å². The highest BCUT2D eigenvalue weighted by atomic mass is 32.2. The van der Waals surface area contributed by atoms with Crippen molar-refractivity contribution in [3.05, 3.63) is 0 Å². The highest BCUT2D eigenvalue weighted by Gasteiger charge is 2.43. The Labute approximate surface area is 160 Å². The monoisotopic (exact) mass is 417 g/mol. The fraction of sp³-hybridized carbons (Fsp3) is 0.875. The minimum Gasteiger partial charge on any atom is -0.444 e. The van der Waals surface area contributed by atoms with E-state index in [1.54, 1.807) is 41.5 Å². The number of hydrogen-bond acceptors (Lipinski definition) is 5. The lowest BCUT2D eigenvalue weighted by Crippen LogP contribution is -2.50. The normalized spacial score (nSPS) is 18.0. The minimum absolute atomic E-state index is 0.591. The SMILES string of the molecule is C[C@@H](NC(=O)OC(C)(C)C)[C@H](/C=N/O)CC(N[S@](=O)C(C)(C)C)C(F)(F)F. The van der Waals surface area contributed by atoms with Gasteiger partial charge in [0.05, 0.1) is 15.7 Å². The number of carbonyl (C=O) groups excluding carboxylic acids is 1. The average Bonchev–Trinajstić information content (AvgIpc) is 2.41. The van der Waals surface area contributed by atoms with Crippen LogP contribution in [-0.2, 0) is 15.7 Å². The molecule has 3 N–H and O–H groups in total. The summed E-state index contributed by atoms with van der Waals surface area (Å²) in [5.41, 5.74) is -0.774. The summed E-state index contributed by atoms with van der Waals surface area (Å²) in [6.45, 7) is 11.0. The van der Waals surface area contributed by atoms with Gasteiger partial charge in [-0.05, 0) is 54.9 Å². The molecule has 0 rings (SSSR count). The number of carbonyl (C=O) groups is 1. The third-order valence-electron chi connectivity index (χ3n) is 3.35. The van der Waals surface area contributed by atoms with E-state index in [0.29, 0.717) is 0 Å². The maximum Gasteiger partial charge on any atom is 0.407 e. The predicted octanol–water partition coefficient (Wildman–Crippen LogP) is 3.35. The molecule has 0 aliphatic heterocycles. The Morgan fingerprint density at radius 1 is 1.22 bits per heavy atom. The molecule has 0 saturated heterocycles. The molecule has 4 atom stereocenters. The molecule has 0 bridgehead atoms. The molecule has 160 valence electrons. The van der Waals surface area contributed by atoms with E-state index < -0.39 is 58.0 Å². The zero-order chi connectivity index (χ0) is 21.6. The summed E-state index contributed by atoms with van der Waals surface area (Å²) in [6.07, 6.45) is -5.18. The van der Waals surface area contributed by atoms with Gasteiger partial charge >= 0.3 is 12.3 Å². The van der Waals surface area contributed by atoms with Gasteiger partial charge in [-0.2, -0.15) is 13.2 Å². The van der Waals surface area contributed by atoms with Crippen molar-refractivity contribution in [3.8, 4) is 0 Å². The summed E-state index contributed by atoms with van der Waals surface area (Å²) in [7, 11) is -1.96. The maximum absolute atomic E-state index is 13.4. The molecule has 0 aliphatic rings. The molecule has 0 fully saturated rings. The van der Waals surface area contributed by atoms with E-state index in [4.69, 9.17) is 9.94 Å². The van der Waals surface area contributed by atoms with Crippen LogP contribution in [0.25, 0.3) is 0 Å². The van der Waals surface area contributed by atoms with Gasteiger partial charge in [0.2, 0.25) is 0 Å². The van der Waals surface area contributed by atoms with Gasteiger partial charge in [-0.25, -0.2) is 13.7 Å². The van der Waals surface area contributed by atoms with Crippen LogP contribution in [0.5, 0.6) is 0 Å². The molecule has 0 heterocycles. The minimum atomic E-state index is -4.69. The number of halogens is 3. The summed E-state index contributed by atoms with van der Waals surface area (Å²) < 4.78 is 58.6. The van der Waals surface area contributed by atoms with Gasteiger partial charge in [0, 0.05) is 18.2 Å². The van der Waals surface area contributed by atoms with Crippen LogP contribution in [0.3, 0.4) is 0 Å². The topological polar surface area (TPSA) is 100 Å². The van der Waals surface area contributed by atoms with Crippen molar-refractivity contribution >= 4 is 23.3 Å². The van der Waals surface area contributed by atoms with E-state index in [-0.39, 0.29) is 0 Å². The van der Waals surface area contributed by atoms with Crippen LogP contribution >= 0.6 is 0 Å². The van der Waals surface area contributed by atoms with Gasteiger partial charge in [0.1, 0.15) is 11.6 Å². The summed E-state index contributed by atoms with van der Waals surface area (Å²) in [5.74, 6) is -0.987. The Kier molecular flexibility index (Phi) is 9.23. The van der Waals surface area contributed by atoms with E-state index in [9.17, 15) is 22.2 Å². The maximum atomic E-state index is 13.4. The highest BCUT2D eigenvalue weighted by Crippen LogP contribution is 2.27. The second-order valence-electron chi connectivity index (χ2n) is 8.19. The molecule has 27 heavy (non-hydrogen) atoms. The average molecular weight is 417 g/mol. The van der Waals surface area contributed by atoms with Crippen LogP contribution < -0.4 is 10.0 Å². The first kappa shape index (κ1) is 25.6. The van der Waals surface area contributed by atoms with E-state index in [1.165, 1.54) is 6.92 Å². The number of oxime groups is 1. The largest absolute Gasteiger partial charge is 0.444 e. The molecule has 1 unspecified atom stereocenters. The number of rotatable bonds is 7. The zero-order valence-electron chi connectivity index (χ0n) is 16.7. The number of nitrogens with zero attached hydrogens (tertiary/aromatic N) is 1. The van der Waals surface area contributed by atoms with Crippen LogP contribution in [0.15, 0.2) is 5.16 Å². The van der Waals surface area contributed by atoms with Gasteiger partial charge in [-0.1, -0.05) is 0 Å². The Morgan fingerprint density at radius 2 is 1.74 bits per heavy atom. The second-order valence-corrected chi connectivity index (χ2v) is 10.2. The Hall–Kier alpha value is -1.36. The van der Waals surface area contributed by atoms with Crippen molar-refractivity contribution in [2.24, 2.45) is 11.1 Å². The van der Waals surface area contributed by atoms with Crippen molar-refractivity contribution in [1.29, 1.82) is 0 Å². The molecular formula is C16H30F3N3O4S. The molecule has 0 aromatic carbocycles. The van der Waals surface area contributed by atoms with Crippen LogP contribution in [0.1, 0.15) is 54.9 Å². The van der Waals surface area contributed by atoms with E-state index in [0.717, 1.165) is 6.21 Å². The lowest BCUT2D eigenvalue weighted by Gasteiger charge is -2.30. The highest BCUT2D eigenvalue weighted by molar-refractivity contribution is 7.84. The third kappa shape index (κ3) is 10.5. The first-order valence-corrected chi connectivity index (χ1v) is 9.54. The molecule has 11 heteroatoms. The van der Waals surface area contributed by atoms with Crippen molar-refractivity contribution in [1.82, 2.24) is 10.0 Å². The van der Waals surface area contributed by atoms with Crippen molar-refractivity contribution in [2.45, 2.75) is 83.5 Å². The molecule has 1 amide bonds. The standard InChI is InChI=1S/C16H30F3N3O4S/c1-10(21-13(23)26-14(2,3)4)11(9-20-24)8-12(16(17,18)19)22-27(25)15(5,6)7/h9-12,22,24H,8H2,1-7H3,(H,21,23)/b20-9+/t10-,11+,12?,27-/m1/s1. The first-order valence-electron chi connectivity index (χ1n) is 8.39. The lowest BCUT2D eigenvalue weighted by molar-refractivity contribution is -0.154. The van der Waals surface area contributed by atoms with Gasteiger partial charge < -0.3 is 15.3 Å². The fourth-order valence-electron chi connectivity index (χ4n) is 1.91. The summed E-state index contributed by atoms with van der Waals surface area (Å²) in [5, 5.41) is 14.0. The molecule has 0 saturated carbocycles.